The van der Waals surface area contributed by atoms with Gasteiger partial charge in [-0.15, -0.1) is 0 Å². The van der Waals surface area contributed by atoms with Gasteiger partial charge >= 0.3 is 0 Å². The van der Waals surface area contributed by atoms with Crippen LogP contribution in [0.2, 0.25) is 5.02 Å². The number of halogens is 1. The van der Waals surface area contributed by atoms with Crippen molar-refractivity contribution in [2.75, 3.05) is 0 Å². The first-order valence-corrected chi connectivity index (χ1v) is 7.35. The number of imidazole rings is 1. The Bertz CT molecular complexity index is 839. The van der Waals surface area contributed by atoms with E-state index < -0.39 is 0 Å². The summed E-state index contributed by atoms with van der Waals surface area (Å²) < 4.78 is 1.74. The van der Waals surface area contributed by atoms with E-state index in [0.29, 0.717) is 11.4 Å². The Morgan fingerprint density at radius 3 is 2.71 bits per heavy atom. The first kappa shape index (κ1) is 12.6. The first-order valence-electron chi connectivity index (χ1n) is 6.97. The molecule has 2 heterocycles. The highest BCUT2D eigenvalue weighted by atomic mass is 35.5. The van der Waals surface area contributed by atoms with Crippen molar-refractivity contribution in [3.8, 4) is 0 Å². The third-order valence-electron chi connectivity index (χ3n) is 4.06. The van der Waals surface area contributed by atoms with Gasteiger partial charge < -0.3 is 0 Å². The Labute approximate surface area is 127 Å². The van der Waals surface area contributed by atoms with Crippen molar-refractivity contribution in [1.29, 1.82) is 0 Å². The Balaban J connectivity index is 1.82. The predicted octanol–water partition coefficient (Wildman–Crippen LogP) is 4.06. The average molecular weight is 297 g/mol. The fraction of sp³-hybridized carbons (Fsp3) is 0.176. The zero-order valence-corrected chi connectivity index (χ0v) is 12.0. The van der Waals surface area contributed by atoms with Crippen LogP contribution >= 0.6 is 11.6 Å². The van der Waals surface area contributed by atoms with Crippen LogP contribution in [0, 0.1) is 0 Å². The van der Waals surface area contributed by atoms with Gasteiger partial charge in [0, 0.05) is 17.9 Å². The molecule has 0 bridgehead atoms. The highest BCUT2D eigenvalue weighted by molar-refractivity contribution is 6.31. The predicted molar refractivity (Wildman–Crippen MR) is 82.9 cm³/mol. The van der Waals surface area contributed by atoms with Crippen molar-refractivity contribution >= 4 is 28.5 Å². The zero-order chi connectivity index (χ0) is 14.4. The maximum atomic E-state index is 12.5. The van der Waals surface area contributed by atoms with Crippen molar-refractivity contribution in [1.82, 2.24) is 9.55 Å². The van der Waals surface area contributed by atoms with Crippen molar-refractivity contribution < 1.29 is 4.79 Å². The highest BCUT2D eigenvalue weighted by Crippen LogP contribution is 2.32. The summed E-state index contributed by atoms with van der Waals surface area (Å²) in [4.78, 5) is 17.1. The quantitative estimate of drug-likeness (QED) is 0.679. The molecule has 3 nitrogen and oxygen atoms in total. The van der Waals surface area contributed by atoms with Gasteiger partial charge in [-0.25, -0.2) is 4.98 Å². The standard InChI is InChI=1S/C17H13ClN2O/c18-13-6-7-15-14(10-13)19-16-8-12(9-17(21)20(15)16)11-4-2-1-3-5-11/h1-7,10,12H,8-9H2. The van der Waals surface area contributed by atoms with E-state index in [2.05, 4.69) is 17.1 Å². The minimum atomic E-state index is 0.106. The van der Waals surface area contributed by atoms with Crippen molar-refractivity contribution in [2.24, 2.45) is 0 Å². The largest absolute Gasteiger partial charge is 0.274 e. The van der Waals surface area contributed by atoms with Crippen LogP contribution in [0.15, 0.2) is 48.5 Å². The molecule has 1 atom stereocenters. The molecule has 1 aliphatic heterocycles. The van der Waals surface area contributed by atoms with E-state index in [9.17, 15) is 4.79 Å². The number of fused-ring (bicyclic) bond motifs is 3. The molecule has 104 valence electrons. The van der Waals surface area contributed by atoms with Gasteiger partial charge in [-0.05, 0) is 29.7 Å². The third-order valence-corrected chi connectivity index (χ3v) is 4.29. The second-order valence-electron chi connectivity index (χ2n) is 5.41. The molecule has 0 aliphatic carbocycles. The van der Waals surface area contributed by atoms with Gasteiger partial charge in [0.25, 0.3) is 0 Å². The van der Waals surface area contributed by atoms with Crippen molar-refractivity contribution in [2.45, 2.75) is 18.8 Å². The lowest BCUT2D eigenvalue weighted by Gasteiger charge is -2.22. The fourth-order valence-electron chi connectivity index (χ4n) is 3.07. The molecule has 4 rings (SSSR count). The lowest BCUT2D eigenvalue weighted by molar-refractivity contribution is 0.0877. The summed E-state index contributed by atoms with van der Waals surface area (Å²) >= 11 is 6.01. The Morgan fingerprint density at radius 2 is 1.90 bits per heavy atom. The van der Waals surface area contributed by atoms with Gasteiger partial charge in [0.15, 0.2) is 0 Å². The molecule has 4 heteroatoms. The van der Waals surface area contributed by atoms with Crippen LogP contribution in [0.1, 0.15) is 28.5 Å². The highest BCUT2D eigenvalue weighted by Gasteiger charge is 2.28. The van der Waals surface area contributed by atoms with Crippen LogP contribution in [-0.2, 0) is 6.42 Å². The van der Waals surface area contributed by atoms with E-state index in [0.717, 1.165) is 23.3 Å². The zero-order valence-electron chi connectivity index (χ0n) is 11.3. The third kappa shape index (κ3) is 2.05. The van der Waals surface area contributed by atoms with Crippen molar-refractivity contribution in [3.05, 3.63) is 64.9 Å². The lowest BCUT2D eigenvalue weighted by Crippen LogP contribution is -2.25. The van der Waals surface area contributed by atoms with E-state index in [1.807, 2.05) is 30.3 Å². The summed E-state index contributed by atoms with van der Waals surface area (Å²) in [7, 11) is 0. The molecule has 0 radical (unpaired) electrons. The molecule has 1 unspecified atom stereocenters. The molecule has 0 fully saturated rings. The molecule has 0 saturated carbocycles. The summed E-state index contributed by atoms with van der Waals surface area (Å²) in [5, 5.41) is 0.644. The summed E-state index contributed by atoms with van der Waals surface area (Å²) in [6.07, 6.45) is 1.30. The monoisotopic (exact) mass is 296 g/mol. The van der Waals surface area contributed by atoms with Gasteiger partial charge in [-0.3, -0.25) is 9.36 Å². The minimum absolute atomic E-state index is 0.106. The topological polar surface area (TPSA) is 34.9 Å². The maximum Gasteiger partial charge on any atom is 0.233 e. The van der Waals surface area contributed by atoms with E-state index >= 15 is 0 Å². The Kier molecular flexibility index (Phi) is 2.82. The van der Waals surface area contributed by atoms with E-state index in [-0.39, 0.29) is 11.8 Å². The first-order chi connectivity index (χ1) is 10.2. The smallest absolute Gasteiger partial charge is 0.233 e. The minimum Gasteiger partial charge on any atom is -0.274 e. The van der Waals surface area contributed by atoms with E-state index in [4.69, 9.17) is 11.6 Å². The second-order valence-corrected chi connectivity index (χ2v) is 5.84. The van der Waals surface area contributed by atoms with Crippen molar-refractivity contribution in [3.63, 3.8) is 0 Å². The molecule has 0 amide bonds. The Morgan fingerprint density at radius 1 is 1.10 bits per heavy atom. The van der Waals surface area contributed by atoms with Gasteiger partial charge in [-0.1, -0.05) is 41.9 Å². The molecule has 3 aromatic rings. The summed E-state index contributed by atoms with van der Waals surface area (Å²) in [5.41, 5.74) is 2.84. The number of nitrogens with zero attached hydrogens (tertiary/aromatic N) is 2. The molecule has 2 aromatic carbocycles. The van der Waals surface area contributed by atoms with Crippen LogP contribution < -0.4 is 0 Å². The molecular weight excluding hydrogens is 284 g/mol. The van der Waals surface area contributed by atoms with Gasteiger partial charge in [-0.2, -0.15) is 0 Å². The van der Waals surface area contributed by atoms with Crippen LogP contribution in [0.5, 0.6) is 0 Å². The Hall–Kier alpha value is -2.13. The van der Waals surface area contributed by atoms with E-state index in [1.54, 1.807) is 10.6 Å². The van der Waals surface area contributed by atoms with Crippen LogP contribution in [0.25, 0.3) is 11.0 Å². The second kappa shape index (κ2) is 4.71. The molecule has 1 aliphatic rings. The average Bonchev–Trinajstić information content (AvgIpc) is 2.85. The SMILES string of the molecule is O=C1CC(c2ccccc2)Cc2nc3cc(Cl)ccc3n21. The number of carbonyl (C=O) groups is 1. The maximum absolute atomic E-state index is 12.5. The number of carbonyl (C=O) groups excluding carboxylic acids is 1. The van der Waals surface area contributed by atoms with Gasteiger partial charge in [0.05, 0.1) is 11.0 Å². The molecule has 0 spiro atoms. The lowest BCUT2D eigenvalue weighted by atomic mass is 9.90. The fourth-order valence-corrected chi connectivity index (χ4v) is 3.24. The molecule has 21 heavy (non-hydrogen) atoms. The van der Waals surface area contributed by atoms with E-state index in [1.165, 1.54) is 5.56 Å². The van der Waals surface area contributed by atoms with Gasteiger partial charge in [0.1, 0.15) is 5.82 Å². The number of aromatic nitrogens is 2. The normalized spacial score (nSPS) is 18.0. The molecule has 0 N–H and O–H groups in total. The number of rotatable bonds is 1. The van der Waals surface area contributed by atoms with Crippen LogP contribution in [-0.4, -0.2) is 15.5 Å². The molecular formula is C17H13ClN2O. The summed E-state index contributed by atoms with van der Waals surface area (Å²) in [6.45, 7) is 0. The van der Waals surface area contributed by atoms with Crippen LogP contribution in [0.4, 0.5) is 0 Å². The number of hydrogen-bond acceptors (Lipinski definition) is 2. The summed E-state index contributed by atoms with van der Waals surface area (Å²) in [6, 6.07) is 15.7. The summed E-state index contributed by atoms with van der Waals surface area (Å²) in [5.74, 6) is 1.14. The van der Waals surface area contributed by atoms with Gasteiger partial charge in [0.2, 0.25) is 5.91 Å². The number of benzene rings is 2. The number of hydrogen-bond donors (Lipinski definition) is 0. The molecule has 0 saturated heterocycles. The molecule has 1 aromatic heterocycles. The van der Waals surface area contributed by atoms with Crippen LogP contribution in [0.3, 0.4) is 0 Å².